The summed E-state index contributed by atoms with van der Waals surface area (Å²) in [5.41, 5.74) is -0.187. The highest BCUT2D eigenvalue weighted by Crippen LogP contribution is 2.23. The molecule has 0 saturated carbocycles. The van der Waals surface area contributed by atoms with Gasteiger partial charge in [0, 0.05) is 18.8 Å². The topological polar surface area (TPSA) is 108 Å². The molecule has 0 amide bonds. The van der Waals surface area contributed by atoms with Crippen molar-refractivity contribution < 1.29 is 16.8 Å². The largest absolute Gasteiger partial charge is 0.246 e. The Hall–Kier alpha value is -1.50. The van der Waals surface area contributed by atoms with Gasteiger partial charge in [-0.05, 0) is 19.1 Å². The van der Waals surface area contributed by atoms with Gasteiger partial charge in [-0.3, -0.25) is 0 Å². The number of hydrogen-bond donors (Lipinski definition) is 0. The summed E-state index contributed by atoms with van der Waals surface area (Å²) >= 11 is 0. The molecule has 0 radical (unpaired) electrons. The minimum absolute atomic E-state index is 0.106. The van der Waals surface area contributed by atoms with Crippen molar-refractivity contribution in [2.45, 2.75) is 17.9 Å². The highest BCUT2D eigenvalue weighted by atomic mass is 32.2. The van der Waals surface area contributed by atoms with E-state index in [9.17, 15) is 16.8 Å². The van der Waals surface area contributed by atoms with Crippen LogP contribution in [-0.2, 0) is 19.9 Å². The first-order valence-electron chi connectivity index (χ1n) is 5.85. The second-order valence-electron chi connectivity index (χ2n) is 4.54. The van der Waals surface area contributed by atoms with E-state index >= 15 is 0 Å². The van der Waals surface area contributed by atoms with Gasteiger partial charge in [-0.2, -0.15) is 9.57 Å². The summed E-state index contributed by atoms with van der Waals surface area (Å²) in [6, 6.07) is 3.81. The van der Waals surface area contributed by atoms with Crippen LogP contribution >= 0.6 is 0 Å². The minimum atomic E-state index is -3.92. The maximum Gasteiger partial charge on any atom is 0.246 e. The molecule has 0 spiro atoms. The van der Waals surface area contributed by atoms with E-state index in [2.05, 4.69) is 4.98 Å². The van der Waals surface area contributed by atoms with Crippen molar-refractivity contribution in [3.63, 3.8) is 0 Å². The lowest BCUT2D eigenvalue weighted by Gasteiger charge is -2.32. The maximum absolute atomic E-state index is 12.5. The van der Waals surface area contributed by atoms with Crippen LogP contribution in [0.1, 0.15) is 12.6 Å². The Morgan fingerprint density at radius 3 is 2.80 bits per heavy atom. The number of aromatic nitrogens is 1. The van der Waals surface area contributed by atoms with Crippen molar-refractivity contribution in [3.05, 3.63) is 24.0 Å². The van der Waals surface area contributed by atoms with Crippen LogP contribution in [0.5, 0.6) is 0 Å². The molecule has 2 heterocycles. The SMILES string of the molecule is CC1CS(=O)(=O)CCN1S(=O)(=O)c1cccnc1C#N. The van der Waals surface area contributed by atoms with Gasteiger partial charge in [-0.1, -0.05) is 0 Å². The first-order valence-corrected chi connectivity index (χ1v) is 9.11. The molecule has 0 aromatic carbocycles. The fourth-order valence-corrected chi connectivity index (χ4v) is 5.64. The molecule has 1 unspecified atom stereocenters. The van der Waals surface area contributed by atoms with E-state index in [4.69, 9.17) is 5.26 Å². The lowest BCUT2D eigenvalue weighted by atomic mass is 10.4. The lowest BCUT2D eigenvalue weighted by molar-refractivity contribution is 0.356. The molecular formula is C11H13N3O4S2. The van der Waals surface area contributed by atoms with E-state index in [1.54, 1.807) is 6.07 Å². The third-order valence-electron chi connectivity index (χ3n) is 3.07. The molecule has 1 aromatic heterocycles. The fourth-order valence-electron chi connectivity index (χ4n) is 2.15. The summed E-state index contributed by atoms with van der Waals surface area (Å²) in [5.74, 6) is -0.424. The molecule has 108 valence electrons. The number of rotatable bonds is 2. The van der Waals surface area contributed by atoms with Crippen LogP contribution in [-0.4, -0.2) is 50.2 Å². The van der Waals surface area contributed by atoms with E-state index in [1.807, 2.05) is 0 Å². The molecule has 0 bridgehead atoms. The van der Waals surface area contributed by atoms with Gasteiger partial charge < -0.3 is 0 Å². The van der Waals surface area contributed by atoms with Crippen molar-refractivity contribution in [1.29, 1.82) is 5.26 Å². The number of sulfonamides is 1. The van der Waals surface area contributed by atoms with Gasteiger partial charge in [-0.15, -0.1) is 0 Å². The van der Waals surface area contributed by atoms with Crippen LogP contribution in [0.15, 0.2) is 23.2 Å². The van der Waals surface area contributed by atoms with E-state index in [-0.39, 0.29) is 28.6 Å². The van der Waals surface area contributed by atoms with Gasteiger partial charge in [-0.25, -0.2) is 21.8 Å². The van der Waals surface area contributed by atoms with Crippen LogP contribution in [0.4, 0.5) is 0 Å². The zero-order chi connectivity index (χ0) is 15.0. The summed E-state index contributed by atoms with van der Waals surface area (Å²) < 4.78 is 49.2. The quantitative estimate of drug-likeness (QED) is 0.745. The van der Waals surface area contributed by atoms with Crippen LogP contribution in [0.25, 0.3) is 0 Å². The Bertz CT molecular complexity index is 765. The molecule has 1 aliphatic heterocycles. The smallest absolute Gasteiger partial charge is 0.244 e. The van der Waals surface area contributed by atoms with Crippen LogP contribution in [0.3, 0.4) is 0 Å². The lowest BCUT2D eigenvalue weighted by Crippen LogP contribution is -2.49. The van der Waals surface area contributed by atoms with E-state index in [1.165, 1.54) is 25.3 Å². The van der Waals surface area contributed by atoms with Crippen molar-refractivity contribution in [2.75, 3.05) is 18.1 Å². The molecule has 1 atom stereocenters. The molecule has 1 saturated heterocycles. The summed E-state index contributed by atoms with van der Waals surface area (Å²) in [6.45, 7) is 1.43. The first-order chi connectivity index (χ1) is 9.28. The molecule has 7 nitrogen and oxygen atoms in total. The number of pyridine rings is 1. The highest BCUT2D eigenvalue weighted by Gasteiger charge is 2.37. The summed E-state index contributed by atoms with van der Waals surface area (Å²) in [6.07, 6.45) is 1.33. The average molecular weight is 315 g/mol. The Kier molecular flexibility index (Phi) is 3.82. The molecule has 2 rings (SSSR count). The number of nitriles is 1. The third kappa shape index (κ3) is 2.67. The summed E-state index contributed by atoms with van der Waals surface area (Å²) in [7, 11) is -7.13. The highest BCUT2D eigenvalue weighted by molar-refractivity contribution is 7.92. The normalized spacial score (nSPS) is 23.1. The van der Waals surface area contributed by atoms with E-state index in [0.717, 1.165) is 4.31 Å². The van der Waals surface area contributed by atoms with E-state index in [0.29, 0.717) is 0 Å². The molecule has 20 heavy (non-hydrogen) atoms. The molecule has 9 heteroatoms. The van der Waals surface area contributed by atoms with E-state index < -0.39 is 25.9 Å². The molecule has 0 aliphatic carbocycles. The molecular weight excluding hydrogens is 302 g/mol. The second-order valence-corrected chi connectivity index (χ2v) is 8.63. The Balaban J connectivity index is 2.44. The average Bonchev–Trinajstić information content (AvgIpc) is 2.37. The Morgan fingerprint density at radius 2 is 2.20 bits per heavy atom. The van der Waals surface area contributed by atoms with Crippen LogP contribution < -0.4 is 0 Å². The van der Waals surface area contributed by atoms with Crippen LogP contribution in [0.2, 0.25) is 0 Å². The van der Waals surface area contributed by atoms with Gasteiger partial charge in [0.1, 0.15) is 11.0 Å². The van der Waals surface area contributed by atoms with Crippen molar-refractivity contribution in [2.24, 2.45) is 0 Å². The fraction of sp³-hybridized carbons (Fsp3) is 0.455. The number of hydrogen-bond acceptors (Lipinski definition) is 6. The summed E-state index contributed by atoms with van der Waals surface area (Å²) in [4.78, 5) is 3.54. The minimum Gasteiger partial charge on any atom is -0.244 e. The molecule has 0 N–H and O–H groups in total. The zero-order valence-electron chi connectivity index (χ0n) is 10.7. The molecule has 1 aromatic rings. The predicted octanol–water partition coefficient (Wildman–Crippen LogP) is -0.239. The maximum atomic E-state index is 12.5. The van der Waals surface area contributed by atoms with Crippen molar-refractivity contribution in [3.8, 4) is 6.07 Å². The zero-order valence-corrected chi connectivity index (χ0v) is 12.4. The van der Waals surface area contributed by atoms with Crippen LogP contribution in [0, 0.1) is 11.3 Å². The van der Waals surface area contributed by atoms with Gasteiger partial charge in [0.15, 0.2) is 15.5 Å². The Morgan fingerprint density at radius 1 is 1.50 bits per heavy atom. The van der Waals surface area contributed by atoms with Gasteiger partial charge in [0.25, 0.3) is 0 Å². The van der Waals surface area contributed by atoms with Crippen molar-refractivity contribution in [1.82, 2.24) is 9.29 Å². The molecule has 1 fully saturated rings. The number of nitrogens with zero attached hydrogens (tertiary/aromatic N) is 3. The van der Waals surface area contributed by atoms with Crippen molar-refractivity contribution >= 4 is 19.9 Å². The number of sulfone groups is 1. The standard InChI is InChI=1S/C11H13N3O4S2/c1-9-8-19(15,16)6-5-14(9)20(17,18)11-3-2-4-13-10(11)7-12/h2-4,9H,5-6,8H2,1H3. The van der Waals surface area contributed by atoms with Gasteiger partial charge in [0.05, 0.1) is 11.5 Å². The monoisotopic (exact) mass is 315 g/mol. The first kappa shape index (κ1) is 14.9. The molecule has 1 aliphatic rings. The van der Waals surface area contributed by atoms with Gasteiger partial charge in [0.2, 0.25) is 10.0 Å². The second kappa shape index (κ2) is 5.12. The predicted molar refractivity (Wildman–Crippen MR) is 71.0 cm³/mol. The Labute approximate surface area is 117 Å². The van der Waals surface area contributed by atoms with Gasteiger partial charge >= 0.3 is 0 Å². The third-order valence-corrected chi connectivity index (χ3v) is 6.91. The summed E-state index contributed by atoms with van der Waals surface area (Å²) in [5, 5.41) is 8.94.